The quantitative estimate of drug-likeness (QED) is 0.711. The summed E-state index contributed by atoms with van der Waals surface area (Å²) in [4.78, 5) is 3.72. The number of halogens is 4. The molecule has 2 aromatic rings. The molecule has 0 saturated carbocycles. The number of aromatic nitrogens is 1. The van der Waals surface area contributed by atoms with Crippen LogP contribution in [0.25, 0.3) is 10.9 Å². The molecule has 1 nitrogen and oxygen atoms in total. The van der Waals surface area contributed by atoms with E-state index in [4.69, 9.17) is 11.6 Å². The summed E-state index contributed by atoms with van der Waals surface area (Å²) >= 11 is 8.93. The van der Waals surface area contributed by atoms with Crippen LogP contribution in [0, 0.1) is 11.6 Å². The van der Waals surface area contributed by atoms with Gasteiger partial charge in [0.25, 0.3) is 0 Å². The molecule has 0 amide bonds. The second-order valence-electron chi connectivity index (χ2n) is 2.68. The zero-order valence-electron chi connectivity index (χ0n) is 6.69. The summed E-state index contributed by atoms with van der Waals surface area (Å²) in [6, 6.07) is 2.47. The minimum absolute atomic E-state index is 0.0266. The number of rotatable bonds is 0. The molecule has 0 aliphatic carbocycles. The Balaban J connectivity index is 2.94. The fourth-order valence-electron chi connectivity index (χ4n) is 1.15. The molecule has 0 bridgehead atoms. The molecule has 0 unspecified atom stereocenters. The molecule has 0 aliphatic rings. The molecule has 1 aromatic carbocycles. The van der Waals surface area contributed by atoms with E-state index in [2.05, 4.69) is 20.9 Å². The van der Waals surface area contributed by atoms with Gasteiger partial charge in [0.2, 0.25) is 0 Å². The predicted molar refractivity (Wildman–Crippen MR) is 54.4 cm³/mol. The predicted octanol–water partition coefficient (Wildman–Crippen LogP) is 3.93. The fourth-order valence-corrected chi connectivity index (χ4v) is 1.72. The number of benzene rings is 1. The topological polar surface area (TPSA) is 12.9 Å². The lowest BCUT2D eigenvalue weighted by molar-refractivity contribution is 0.515. The highest BCUT2D eigenvalue weighted by Gasteiger charge is 2.11. The smallest absolute Gasteiger partial charge is 0.185 e. The van der Waals surface area contributed by atoms with Crippen molar-refractivity contribution in [3.63, 3.8) is 0 Å². The molecule has 0 fully saturated rings. The largest absolute Gasteiger partial charge is 0.251 e. The summed E-state index contributed by atoms with van der Waals surface area (Å²) in [6.07, 6.45) is 1.27. The second kappa shape index (κ2) is 3.44. The van der Waals surface area contributed by atoms with Gasteiger partial charge < -0.3 is 0 Å². The molecular formula is C9H3BrClF2N. The van der Waals surface area contributed by atoms with Crippen LogP contribution in [0.1, 0.15) is 0 Å². The second-order valence-corrected chi connectivity index (χ2v) is 3.88. The number of nitrogens with zero attached hydrogens (tertiary/aromatic N) is 1. The maximum Gasteiger partial charge on any atom is 0.185 e. The third kappa shape index (κ3) is 1.38. The summed E-state index contributed by atoms with van der Waals surface area (Å²) in [7, 11) is 0. The van der Waals surface area contributed by atoms with E-state index in [1.807, 2.05) is 0 Å². The standard InChI is InChI=1S/C9H3BrClF2N/c10-7-4-1-2-6(12)8(13)9(4)14-3-5(7)11/h1-3H. The van der Waals surface area contributed by atoms with E-state index in [0.29, 0.717) is 14.9 Å². The van der Waals surface area contributed by atoms with Crippen molar-refractivity contribution in [1.82, 2.24) is 4.98 Å². The van der Waals surface area contributed by atoms with Crippen LogP contribution in [0.2, 0.25) is 5.02 Å². The third-order valence-electron chi connectivity index (χ3n) is 1.82. The molecule has 14 heavy (non-hydrogen) atoms. The van der Waals surface area contributed by atoms with E-state index in [0.717, 1.165) is 6.07 Å². The van der Waals surface area contributed by atoms with Crippen LogP contribution in [0.3, 0.4) is 0 Å². The van der Waals surface area contributed by atoms with E-state index >= 15 is 0 Å². The zero-order chi connectivity index (χ0) is 10.3. The maximum absolute atomic E-state index is 13.2. The Bertz CT molecular complexity index is 468. The monoisotopic (exact) mass is 277 g/mol. The summed E-state index contributed by atoms with van der Waals surface area (Å²) in [5, 5.41) is 0.819. The van der Waals surface area contributed by atoms with Crippen molar-refractivity contribution in [3.05, 3.63) is 39.5 Å². The summed E-state index contributed by atoms with van der Waals surface area (Å²) in [6.45, 7) is 0. The summed E-state index contributed by atoms with van der Waals surface area (Å²) in [5.74, 6) is -1.88. The Hall–Kier alpha value is -0.740. The average molecular weight is 278 g/mol. The van der Waals surface area contributed by atoms with Crippen molar-refractivity contribution in [3.8, 4) is 0 Å². The van der Waals surface area contributed by atoms with E-state index in [1.165, 1.54) is 12.3 Å². The molecular weight excluding hydrogens is 275 g/mol. The van der Waals surface area contributed by atoms with Gasteiger partial charge in [-0.2, -0.15) is 0 Å². The number of fused-ring (bicyclic) bond motifs is 1. The minimum Gasteiger partial charge on any atom is -0.251 e. The summed E-state index contributed by atoms with van der Waals surface area (Å²) < 4.78 is 26.5. The molecule has 0 atom stereocenters. The molecule has 0 spiro atoms. The van der Waals surface area contributed by atoms with Gasteiger partial charge in [0.1, 0.15) is 5.52 Å². The molecule has 0 radical (unpaired) electrons. The van der Waals surface area contributed by atoms with Gasteiger partial charge in [0, 0.05) is 16.1 Å². The Morgan fingerprint density at radius 1 is 1.29 bits per heavy atom. The van der Waals surface area contributed by atoms with Crippen LogP contribution in [-0.4, -0.2) is 4.98 Å². The lowest BCUT2D eigenvalue weighted by atomic mass is 10.2. The Kier molecular flexibility index (Phi) is 2.41. The molecule has 5 heteroatoms. The van der Waals surface area contributed by atoms with Gasteiger partial charge in [-0.25, -0.2) is 8.78 Å². The van der Waals surface area contributed by atoms with Gasteiger partial charge >= 0.3 is 0 Å². The molecule has 0 aliphatic heterocycles. The number of pyridine rings is 1. The van der Waals surface area contributed by atoms with Crippen LogP contribution < -0.4 is 0 Å². The molecule has 72 valence electrons. The van der Waals surface area contributed by atoms with Crippen molar-refractivity contribution < 1.29 is 8.78 Å². The van der Waals surface area contributed by atoms with Crippen molar-refractivity contribution in [2.45, 2.75) is 0 Å². The maximum atomic E-state index is 13.2. The highest BCUT2D eigenvalue weighted by Crippen LogP contribution is 2.31. The first kappa shape index (κ1) is 9.80. The van der Waals surface area contributed by atoms with E-state index in [1.54, 1.807) is 0 Å². The van der Waals surface area contributed by atoms with Crippen LogP contribution in [0.15, 0.2) is 22.8 Å². The fraction of sp³-hybridized carbons (Fsp3) is 0. The van der Waals surface area contributed by atoms with E-state index < -0.39 is 11.6 Å². The first-order chi connectivity index (χ1) is 6.61. The molecule has 0 N–H and O–H groups in total. The van der Waals surface area contributed by atoms with Gasteiger partial charge in [-0.05, 0) is 28.1 Å². The Morgan fingerprint density at radius 2 is 2.00 bits per heavy atom. The van der Waals surface area contributed by atoms with Gasteiger partial charge in [-0.3, -0.25) is 4.98 Å². The molecule has 0 saturated heterocycles. The SMILES string of the molecule is Fc1ccc2c(Br)c(Cl)cnc2c1F. The van der Waals surface area contributed by atoms with Crippen LogP contribution in [0.4, 0.5) is 8.78 Å². The van der Waals surface area contributed by atoms with E-state index in [9.17, 15) is 8.78 Å². The highest BCUT2D eigenvalue weighted by atomic mass is 79.9. The first-order valence-electron chi connectivity index (χ1n) is 3.69. The van der Waals surface area contributed by atoms with Crippen LogP contribution in [0.5, 0.6) is 0 Å². The van der Waals surface area contributed by atoms with Crippen molar-refractivity contribution in [1.29, 1.82) is 0 Å². The van der Waals surface area contributed by atoms with Gasteiger partial charge in [-0.15, -0.1) is 0 Å². The third-order valence-corrected chi connectivity index (χ3v) is 3.19. The number of hydrogen-bond acceptors (Lipinski definition) is 1. The van der Waals surface area contributed by atoms with Crippen molar-refractivity contribution >= 4 is 38.4 Å². The minimum atomic E-state index is -0.958. The Morgan fingerprint density at radius 3 is 2.71 bits per heavy atom. The normalized spacial score (nSPS) is 10.9. The molecule has 1 heterocycles. The van der Waals surface area contributed by atoms with Crippen LogP contribution >= 0.6 is 27.5 Å². The van der Waals surface area contributed by atoms with Crippen LogP contribution in [-0.2, 0) is 0 Å². The summed E-state index contributed by atoms with van der Waals surface area (Å²) in [5.41, 5.74) is -0.0266. The van der Waals surface area contributed by atoms with Gasteiger partial charge in [0.05, 0.1) is 5.02 Å². The lowest BCUT2D eigenvalue weighted by Crippen LogP contribution is -1.90. The first-order valence-corrected chi connectivity index (χ1v) is 4.86. The van der Waals surface area contributed by atoms with E-state index in [-0.39, 0.29) is 5.52 Å². The van der Waals surface area contributed by atoms with Gasteiger partial charge in [0.15, 0.2) is 11.6 Å². The number of hydrogen-bond donors (Lipinski definition) is 0. The van der Waals surface area contributed by atoms with Crippen molar-refractivity contribution in [2.24, 2.45) is 0 Å². The average Bonchev–Trinajstić information content (AvgIpc) is 2.17. The van der Waals surface area contributed by atoms with Gasteiger partial charge in [-0.1, -0.05) is 11.6 Å². The molecule has 2 rings (SSSR count). The highest BCUT2D eigenvalue weighted by molar-refractivity contribution is 9.10. The Labute approximate surface area is 91.8 Å². The lowest BCUT2D eigenvalue weighted by Gasteiger charge is -2.03. The van der Waals surface area contributed by atoms with Crippen molar-refractivity contribution in [2.75, 3.05) is 0 Å². The molecule has 1 aromatic heterocycles. The zero-order valence-corrected chi connectivity index (χ0v) is 9.03.